The Hall–Kier alpha value is -1.12. The zero-order valence-electron chi connectivity index (χ0n) is 10.9. The minimum absolute atomic E-state index is 0.420. The number of hydrogen-bond acceptors (Lipinski definition) is 3. The molecule has 5 nitrogen and oxygen atoms in total. The van der Waals surface area contributed by atoms with Crippen LogP contribution in [-0.2, 0) is 4.79 Å². The summed E-state index contributed by atoms with van der Waals surface area (Å²) in [5.74, 6) is -0.446. The van der Waals surface area contributed by atoms with Gasteiger partial charge in [0.2, 0.25) is 0 Å². The minimum atomic E-state index is -0.659. The third-order valence-corrected chi connectivity index (χ3v) is 4.59. The van der Waals surface area contributed by atoms with E-state index in [-0.39, 0.29) is 0 Å². The van der Waals surface area contributed by atoms with Gasteiger partial charge in [0.15, 0.2) is 0 Å². The van der Waals surface area contributed by atoms with Gasteiger partial charge in [-0.15, -0.1) is 0 Å². The third kappa shape index (κ3) is 2.36. The van der Waals surface area contributed by atoms with Gasteiger partial charge in [-0.05, 0) is 19.3 Å². The fourth-order valence-corrected chi connectivity index (χ4v) is 3.69. The van der Waals surface area contributed by atoms with E-state index >= 15 is 0 Å². The molecule has 0 aliphatic carbocycles. The Kier molecular flexibility index (Phi) is 4.20. The number of carbonyl (C=O) groups excluding carboxylic acids is 1. The van der Waals surface area contributed by atoms with Gasteiger partial charge in [0.05, 0.1) is 19.1 Å². The monoisotopic (exact) mass is 251 g/mol. The Balaban J connectivity index is 2.26. The van der Waals surface area contributed by atoms with Crippen LogP contribution in [0.2, 0.25) is 0 Å². The van der Waals surface area contributed by atoms with E-state index in [4.69, 9.17) is 5.73 Å². The summed E-state index contributed by atoms with van der Waals surface area (Å²) < 4.78 is 0.632. The van der Waals surface area contributed by atoms with Crippen molar-refractivity contribution in [3.05, 3.63) is 0 Å². The summed E-state index contributed by atoms with van der Waals surface area (Å²) in [7, 11) is 0. The van der Waals surface area contributed by atoms with Crippen LogP contribution in [0.5, 0.6) is 0 Å². The Morgan fingerprint density at radius 2 is 1.89 bits per heavy atom. The molecule has 2 rings (SSSR count). The first-order valence-corrected chi connectivity index (χ1v) is 6.97. The molecule has 0 radical (unpaired) electrons. The Bertz CT molecular complexity index is 337. The van der Waals surface area contributed by atoms with Crippen molar-refractivity contribution in [2.75, 3.05) is 26.2 Å². The lowest BCUT2D eigenvalue weighted by atomic mass is 9.93. The van der Waals surface area contributed by atoms with E-state index in [1.165, 1.54) is 6.42 Å². The van der Waals surface area contributed by atoms with Gasteiger partial charge < -0.3 is 11.1 Å². The number of carbonyl (C=O) groups is 1. The molecule has 0 aromatic rings. The van der Waals surface area contributed by atoms with Gasteiger partial charge in [0.25, 0.3) is 11.9 Å². The summed E-state index contributed by atoms with van der Waals surface area (Å²) in [5, 5.41) is 12.7. The van der Waals surface area contributed by atoms with Crippen LogP contribution in [0.3, 0.4) is 0 Å². The predicted octanol–water partition coefficient (Wildman–Crippen LogP) is 0.117. The summed E-state index contributed by atoms with van der Waals surface area (Å²) >= 11 is 0. The van der Waals surface area contributed by atoms with Crippen LogP contribution in [-0.4, -0.2) is 48.7 Å². The van der Waals surface area contributed by atoms with Gasteiger partial charge >= 0.3 is 0 Å². The van der Waals surface area contributed by atoms with E-state index in [0.717, 1.165) is 51.9 Å². The van der Waals surface area contributed by atoms with E-state index in [1.54, 1.807) is 0 Å². The standard InChI is InChI=1S/C13H22N4O/c14-10-12(13(15)18)17(8-2-1-3-9-17)11-4-6-16-7-5-11/h11-12,16H,1-9H2,(H-,15,18)/p+1. The number of nitrogens with zero attached hydrogens (tertiary/aromatic N) is 2. The fourth-order valence-electron chi connectivity index (χ4n) is 3.69. The number of hydrogen-bond donors (Lipinski definition) is 2. The van der Waals surface area contributed by atoms with Crippen molar-refractivity contribution in [1.82, 2.24) is 5.32 Å². The highest BCUT2D eigenvalue weighted by Gasteiger charge is 2.47. The van der Waals surface area contributed by atoms with Crippen molar-refractivity contribution in [3.8, 4) is 6.07 Å². The molecule has 18 heavy (non-hydrogen) atoms. The van der Waals surface area contributed by atoms with Gasteiger partial charge in [-0.3, -0.25) is 9.28 Å². The molecule has 0 aromatic heterocycles. The van der Waals surface area contributed by atoms with Crippen LogP contribution in [0.25, 0.3) is 0 Å². The summed E-state index contributed by atoms with van der Waals surface area (Å²) in [5.41, 5.74) is 5.48. The number of likely N-dealkylation sites (tertiary alicyclic amines) is 1. The van der Waals surface area contributed by atoms with Crippen molar-refractivity contribution >= 4 is 5.91 Å². The van der Waals surface area contributed by atoms with Crippen LogP contribution < -0.4 is 11.1 Å². The van der Waals surface area contributed by atoms with Crippen LogP contribution in [0.4, 0.5) is 0 Å². The predicted molar refractivity (Wildman–Crippen MR) is 68.3 cm³/mol. The van der Waals surface area contributed by atoms with Gasteiger partial charge in [-0.2, -0.15) is 5.26 Å². The number of nitrogens with two attached hydrogens (primary N) is 1. The topological polar surface area (TPSA) is 78.9 Å². The maximum atomic E-state index is 11.6. The van der Waals surface area contributed by atoms with Crippen LogP contribution >= 0.6 is 0 Å². The largest absolute Gasteiger partial charge is 0.363 e. The lowest BCUT2D eigenvalue weighted by molar-refractivity contribution is -0.963. The molecular weight excluding hydrogens is 228 g/mol. The van der Waals surface area contributed by atoms with E-state index < -0.39 is 11.9 Å². The van der Waals surface area contributed by atoms with Gasteiger partial charge in [-0.1, -0.05) is 0 Å². The molecule has 1 amide bonds. The lowest BCUT2D eigenvalue weighted by Crippen LogP contribution is -2.68. The smallest absolute Gasteiger partial charge is 0.291 e. The number of amides is 1. The number of nitrogens with one attached hydrogen (secondary N) is 1. The van der Waals surface area contributed by atoms with Crippen LogP contribution in [0.15, 0.2) is 0 Å². The average molecular weight is 251 g/mol. The van der Waals surface area contributed by atoms with E-state index in [2.05, 4.69) is 11.4 Å². The van der Waals surface area contributed by atoms with E-state index in [1.807, 2.05) is 0 Å². The first-order valence-electron chi connectivity index (χ1n) is 6.97. The highest BCUT2D eigenvalue weighted by molar-refractivity contribution is 5.81. The second kappa shape index (κ2) is 5.68. The number of primary amides is 1. The van der Waals surface area contributed by atoms with Crippen molar-refractivity contribution in [3.63, 3.8) is 0 Å². The Morgan fingerprint density at radius 1 is 1.28 bits per heavy atom. The zero-order chi connectivity index (χ0) is 13.0. The number of nitriles is 1. The first kappa shape index (κ1) is 13.3. The maximum absolute atomic E-state index is 11.6. The second-order valence-corrected chi connectivity index (χ2v) is 5.53. The average Bonchev–Trinajstić information content (AvgIpc) is 2.41. The number of quaternary nitrogens is 1. The van der Waals surface area contributed by atoms with E-state index in [9.17, 15) is 10.1 Å². The summed E-state index contributed by atoms with van der Waals surface area (Å²) in [6.07, 6.45) is 5.52. The Labute approximate surface area is 109 Å². The minimum Gasteiger partial charge on any atom is -0.363 e. The number of rotatable bonds is 3. The van der Waals surface area contributed by atoms with Gasteiger partial charge in [-0.25, -0.2) is 0 Å². The molecule has 100 valence electrons. The molecule has 2 fully saturated rings. The molecule has 2 heterocycles. The number of piperidine rings is 2. The molecule has 5 heteroatoms. The third-order valence-electron chi connectivity index (χ3n) is 4.59. The van der Waals surface area contributed by atoms with Crippen molar-refractivity contribution < 1.29 is 9.28 Å². The Morgan fingerprint density at radius 3 is 2.39 bits per heavy atom. The lowest BCUT2D eigenvalue weighted by Gasteiger charge is -2.50. The normalized spacial score (nSPS) is 26.2. The second-order valence-electron chi connectivity index (χ2n) is 5.53. The van der Waals surface area contributed by atoms with Crippen LogP contribution in [0, 0.1) is 11.3 Å². The molecule has 0 aromatic carbocycles. The van der Waals surface area contributed by atoms with Crippen molar-refractivity contribution in [2.24, 2.45) is 5.73 Å². The van der Waals surface area contributed by atoms with E-state index in [0.29, 0.717) is 10.5 Å². The molecule has 0 bridgehead atoms. The van der Waals surface area contributed by atoms with Gasteiger partial charge in [0, 0.05) is 25.9 Å². The van der Waals surface area contributed by atoms with Gasteiger partial charge in [0.1, 0.15) is 6.07 Å². The van der Waals surface area contributed by atoms with Crippen LogP contribution in [0.1, 0.15) is 32.1 Å². The summed E-state index contributed by atoms with van der Waals surface area (Å²) in [4.78, 5) is 11.6. The SMILES string of the molecule is N#CC(C(N)=O)[N+]1(C2CCNCC2)CCCCC1. The summed E-state index contributed by atoms with van der Waals surface area (Å²) in [6, 6.07) is 1.95. The van der Waals surface area contributed by atoms with Crippen molar-refractivity contribution in [1.29, 1.82) is 5.26 Å². The molecule has 3 N–H and O–H groups in total. The quantitative estimate of drug-likeness (QED) is 0.699. The molecule has 2 aliphatic rings. The summed E-state index contributed by atoms with van der Waals surface area (Å²) in [6.45, 7) is 3.85. The molecule has 2 aliphatic heterocycles. The molecule has 0 saturated carbocycles. The highest BCUT2D eigenvalue weighted by Crippen LogP contribution is 2.30. The zero-order valence-corrected chi connectivity index (χ0v) is 10.9. The highest BCUT2D eigenvalue weighted by atomic mass is 16.1. The molecular formula is C13H23N4O+. The van der Waals surface area contributed by atoms with Crippen molar-refractivity contribution in [2.45, 2.75) is 44.2 Å². The molecule has 1 atom stereocenters. The molecule has 2 saturated heterocycles. The first-order chi connectivity index (χ1) is 8.70. The molecule has 0 spiro atoms. The maximum Gasteiger partial charge on any atom is 0.291 e. The fraction of sp³-hybridized carbons (Fsp3) is 0.846. The molecule has 1 unspecified atom stereocenters.